The number of aliphatic hydroxyl groups excluding tert-OH is 1. The Morgan fingerprint density at radius 2 is 2.45 bits per heavy atom. The van der Waals surface area contributed by atoms with Crippen LogP contribution in [0.5, 0.6) is 0 Å². The van der Waals surface area contributed by atoms with E-state index in [9.17, 15) is 4.79 Å². The zero-order valence-corrected chi connectivity index (χ0v) is 6.00. The van der Waals surface area contributed by atoms with Crippen LogP contribution in [0, 0.1) is 0 Å². The molecule has 2 rings (SSSR count). The maximum absolute atomic E-state index is 10.9. The molecular formula is C8H9NO2. The van der Waals surface area contributed by atoms with Crippen LogP contribution in [0.4, 0.5) is 0 Å². The van der Waals surface area contributed by atoms with Gasteiger partial charge in [-0.1, -0.05) is 0 Å². The third-order valence-corrected chi connectivity index (χ3v) is 1.99. The van der Waals surface area contributed by atoms with Crippen LogP contribution in [-0.4, -0.2) is 23.5 Å². The largest absolute Gasteiger partial charge is 0.385 e. The Morgan fingerprint density at radius 1 is 1.64 bits per heavy atom. The van der Waals surface area contributed by atoms with Crippen molar-refractivity contribution in [2.24, 2.45) is 0 Å². The van der Waals surface area contributed by atoms with Gasteiger partial charge >= 0.3 is 0 Å². The lowest BCUT2D eigenvalue weighted by Crippen LogP contribution is -2.21. The predicted octanol–water partition coefficient (Wildman–Crippen LogP) is -0.266. The molecule has 0 aromatic rings. The Hall–Kier alpha value is -1.09. The van der Waals surface area contributed by atoms with Crippen molar-refractivity contribution in [2.75, 3.05) is 6.54 Å². The van der Waals surface area contributed by atoms with Gasteiger partial charge in [0.15, 0.2) is 5.78 Å². The SMILES string of the molecule is O=C1C=C2CCNC2=C[C@@H]1O. The first-order chi connectivity index (χ1) is 5.27. The van der Waals surface area contributed by atoms with Crippen LogP contribution in [0.3, 0.4) is 0 Å². The highest BCUT2D eigenvalue weighted by molar-refractivity contribution is 5.97. The van der Waals surface area contributed by atoms with Gasteiger partial charge in [0.05, 0.1) is 0 Å². The summed E-state index contributed by atoms with van der Waals surface area (Å²) < 4.78 is 0. The topological polar surface area (TPSA) is 49.3 Å². The molecule has 0 amide bonds. The molecule has 0 aromatic heterocycles. The smallest absolute Gasteiger partial charge is 0.188 e. The number of hydrogen-bond acceptors (Lipinski definition) is 3. The third kappa shape index (κ3) is 0.973. The summed E-state index contributed by atoms with van der Waals surface area (Å²) in [5, 5.41) is 12.2. The molecule has 0 aromatic carbocycles. The summed E-state index contributed by atoms with van der Waals surface area (Å²) in [6.07, 6.45) is 3.06. The van der Waals surface area contributed by atoms with Gasteiger partial charge < -0.3 is 10.4 Å². The number of carbonyl (C=O) groups excluding carboxylic acids is 1. The van der Waals surface area contributed by atoms with Gasteiger partial charge in [-0.3, -0.25) is 4.79 Å². The van der Waals surface area contributed by atoms with E-state index in [-0.39, 0.29) is 5.78 Å². The fraction of sp³-hybridized carbons (Fsp3) is 0.375. The second kappa shape index (κ2) is 2.20. The predicted molar refractivity (Wildman–Crippen MR) is 39.8 cm³/mol. The zero-order chi connectivity index (χ0) is 7.84. The average Bonchev–Trinajstić information content (AvgIpc) is 2.36. The fourth-order valence-corrected chi connectivity index (χ4v) is 1.39. The van der Waals surface area contributed by atoms with Gasteiger partial charge in [0, 0.05) is 12.2 Å². The summed E-state index contributed by atoms with van der Waals surface area (Å²) in [5.41, 5.74) is 1.96. The summed E-state index contributed by atoms with van der Waals surface area (Å²) in [7, 11) is 0. The molecule has 3 heteroatoms. The first-order valence-electron chi connectivity index (χ1n) is 3.66. The van der Waals surface area contributed by atoms with Crippen LogP contribution in [0.1, 0.15) is 6.42 Å². The minimum atomic E-state index is -0.931. The number of aliphatic hydroxyl groups is 1. The van der Waals surface area contributed by atoms with Gasteiger partial charge in [-0.2, -0.15) is 0 Å². The van der Waals surface area contributed by atoms with E-state index in [1.807, 2.05) is 0 Å². The Morgan fingerprint density at radius 3 is 3.27 bits per heavy atom. The van der Waals surface area contributed by atoms with Crippen molar-refractivity contribution in [3.63, 3.8) is 0 Å². The van der Waals surface area contributed by atoms with Crippen molar-refractivity contribution in [2.45, 2.75) is 12.5 Å². The summed E-state index contributed by atoms with van der Waals surface area (Å²) >= 11 is 0. The molecule has 1 aliphatic carbocycles. The van der Waals surface area contributed by atoms with E-state index in [4.69, 9.17) is 5.11 Å². The van der Waals surface area contributed by atoms with E-state index in [1.54, 1.807) is 6.08 Å². The molecule has 0 bridgehead atoms. The summed E-state index contributed by atoms with van der Waals surface area (Å²) in [4.78, 5) is 10.9. The monoisotopic (exact) mass is 151 g/mol. The van der Waals surface area contributed by atoms with E-state index in [2.05, 4.69) is 5.32 Å². The molecule has 1 saturated heterocycles. The number of ketones is 1. The maximum atomic E-state index is 10.9. The highest BCUT2D eigenvalue weighted by Gasteiger charge is 2.23. The lowest BCUT2D eigenvalue weighted by molar-refractivity contribution is -0.120. The molecule has 1 aliphatic heterocycles. The van der Waals surface area contributed by atoms with E-state index in [0.717, 1.165) is 24.2 Å². The van der Waals surface area contributed by atoms with Gasteiger partial charge in [0.1, 0.15) is 6.10 Å². The van der Waals surface area contributed by atoms with Crippen LogP contribution in [0.15, 0.2) is 23.4 Å². The number of carbonyl (C=O) groups is 1. The Bertz CT molecular complexity index is 265. The van der Waals surface area contributed by atoms with Gasteiger partial charge in [-0.05, 0) is 24.1 Å². The molecule has 1 heterocycles. The minimum Gasteiger partial charge on any atom is -0.385 e. The van der Waals surface area contributed by atoms with Crippen molar-refractivity contribution < 1.29 is 9.90 Å². The number of allylic oxidation sites excluding steroid dienone is 1. The maximum Gasteiger partial charge on any atom is 0.188 e. The Balaban J connectivity index is 2.36. The van der Waals surface area contributed by atoms with Gasteiger partial charge in [0.2, 0.25) is 0 Å². The second-order valence-electron chi connectivity index (χ2n) is 2.77. The minimum absolute atomic E-state index is 0.201. The molecule has 58 valence electrons. The Labute approximate surface area is 64.4 Å². The standard InChI is InChI=1S/C8H9NO2/c10-7-3-5-1-2-9-6(5)4-8(7)11/h3-4,8-9,11H,1-2H2/t8-/m0/s1. The van der Waals surface area contributed by atoms with Crippen molar-refractivity contribution in [1.82, 2.24) is 5.32 Å². The molecular weight excluding hydrogens is 142 g/mol. The lowest BCUT2D eigenvalue weighted by Gasteiger charge is -2.10. The highest BCUT2D eigenvalue weighted by atomic mass is 16.3. The molecule has 0 saturated carbocycles. The van der Waals surface area contributed by atoms with Gasteiger partial charge in [-0.25, -0.2) is 0 Å². The average molecular weight is 151 g/mol. The van der Waals surface area contributed by atoms with Crippen molar-refractivity contribution in [1.29, 1.82) is 0 Å². The summed E-state index contributed by atoms with van der Waals surface area (Å²) in [5.74, 6) is -0.201. The van der Waals surface area contributed by atoms with Crippen LogP contribution in [0.2, 0.25) is 0 Å². The molecule has 0 spiro atoms. The first kappa shape index (κ1) is 6.61. The number of nitrogens with one attached hydrogen (secondary N) is 1. The number of rotatable bonds is 0. The van der Waals surface area contributed by atoms with Crippen LogP contribution in [-0.2, 0) is 4.79 Å². The molecule has 3 nitrogen and oxygen atoms in total. The zero-order valence-electron chi connectivity index (χ0n) is 6.00. The second-order valence-corrected chi connectivity index (χ2v) is 2.77. The Kier molecular flexibility index (Phi) is 1.32. The molecule has 1 fully saturated rings. The van der Waals surface area contributed by atoms with Gasteiger partial charge in [0.25, 0.3) is 0 Å². The van der Waals surface area contributed by atoms with Crippen molar-refractivity contribution >= 4 is 5.78 Å². The van der Waals surface area contributed by atoms with Crippen molar-refractivity contribution in [3.8, 4) is 0 Å². The quantitative estimate of drug-likeness (QED) is 0.501. The summed E-state index contributed by atoms with van der Waals surface area (Å²) in [6, 6.07) is 0. The lowest BCUT2D eigenvalue weighted by atomic mass is 10.0. The first-order valence-corrected chi connectivity index (χ1v) is 3.66. The van der Waals surface area contributed by atoms with E-state index < -0.39 is 6.10 Å². The molecule has 0 unspecified atom stereocenters. The molecule has 2 N–H and O–H groups in total. The highest BCUT2D eigenvalue weighted by Crippen LogP contribution is 2.22. The summed E-state index contributed by atoms with van der Waals surface area (Å²) in [6.45, 7) is 0.873. The van der Waals surface area contributed by atoms with Crippen LogP contribution >= 0.6 is 0 Å². The number of fused-ring (bicyclic) bond motifs is 1. The van der Waals surface area contributed by atoms with Crippen LogP contribution < -0.4 is 5.32 Å². The van der Waals surface area contributed by atoms with Crippen LogP contribution in [0.25, 0.3) is 0 Å². The fourth-order valence-electron chi connectivity index (χ4n) is 1.39. The molecule has 2 aliphatic rings. The molecule has 0 radical (unpaired) electrons. The van der Waals surface area contributed by atoms with E-state index >= 15 is 0 Å². The third-order valence-electron chi connectivity index (χ3n) is 1.99. The van der Waals surface area contributed by atoms with Gasteiger partial charge in [-0.15, -0.1) is 0 Å². The van der Waals surface area contributed by atoms with Crippen molar-refractivity contribution in [3.05, 3.63) is 23.4 Å². The normalized spacial score (nSPS) is 28.8. The van der Waals surface area contributed by atoms with E-state index in [0.29, 0.717) is 0 Å². The number of hydrogen-bond donors (Lipinski definition) is 2. The molecule has 11 heavy (non-hydrogen) atoms. The van der Waals surface area contributed by atoms with E-state index in [1.165, 1.54) is 6.08 Å². The molecule has 1 atom stereocenters.